The molecule has 6 rings (SSSR count). The molecule has 0 unspecified atom stereocenters. The molecule has 2 amide bonds. The van der Waals surface area contributed by atoms with E-state index >= 15 is 0 Å². The summed E-state index contributed by atoms with van der Waals surface area (Å²) in [6.45, 7) is 8.37. The van der Waals surface area contributed by atoms with E-state index < -0.39 is 6.04 Å². The normalized spacial score (nSPS) is 21.7. The third kappa shape index (κ3) is 4.07. The SMILES string of the molecule is COc1ccc2c3c([nH]c2c1)[C@@H](CO)N(C(=O)Nc1c(C)noc1C)CC31CN(CC2CCOCC2)C1. The van der Waals surface area contributed by atoms with E-state index in [9.17, 15) is 9.90 Å². The van der Waals surface area contributed by atoms with Gasteiger partial charge in [-0.05, 0) is 50.3 Å². The van der Waals surface area contributed by atoms with Crippen molar-refractivity contribution >= 4 is 22.6 Å². The number of aryl methyl sites for hydroxylation is 2. The highest BCUT2D eigenvalue weighted by molar-refractivity contribution is 5.93. The zero-order chi connectivity index (χ0) is 25.7. The number of benzene rings is 1. The Balaban J connectivity index is 1.36. The van der Waals surface area contributed by atoms with Crippen LogP contribution in [0.25, 0.3) is 10.9 Å². The van der Waals surface area contributed by atoms with E-state index in [1.165, 1.54) is 5.56 Å². The van der Waals surface area contributed by atoms with Crippen molar-refractivity contribution in [2.24, 2.45) is 5.92 Å². The van der Waals surface area contributed by atoms with Gasteiger partial charge in [0, 0.05) is 67.5 Å². The number of nitrogens with one attached hydrogen (secondary N) is 2. The molecule has 37 heavy (non-hydrogen) atoms. The molecule has 10 nitrogen and oxygen atoms in total. The standard InChI is InChI=1S/C27H35N5O5/c1-16-24(17(2)37-30-16)29-26(34)32-15-27(13-31(14-27)11-18-6-8-36-9-7-18)23-20-5-4-19(35-3)10-21(20)28-25(23)22(32)12-33/h4-5,10,18,22,28,33H,6-9,11-15H2,1-3H3,(H,29,34)/t22-/m1/s1. The molecule has 0 bridgehead atoms. The van der Waals surface area contributed by atoms with Crippen LogP contribution in [-0.4, -0.2) is 84.2 Å². The number of aromatic nitrogens is 2. The Morgan fingerprint density at radius 2 is 2.05 bits per heavy atom. The second-order valence-electron chi connectivity index (χ2n) is 10.8. The van der Waals surface area contributed by atoms with Crippen molar-refractivity contribution in [3.63, 3.8) is 0 Å². The molecule has 3 N–H and O–H groups in total. The number of amides is 2. The summed E-state index contributed by atoms with van der Waals surface area (Å²) in [7, 11) is 1.66. The fraction of sp³-hybridized carbons (Fsp3) is 0.556. The first-order valence-corrected chi connectivity index (χ1v) is 13.0. The number of aliphatic hydroxyl groups excluding tert-OH is 1. The monoisotopic (exact) mass is 509 g/mol. The molecule has 2 saturated heterocycles. The molecule has 198 valence electrons. The van der Waals surface area contributed by atoms with Crippen LogP contribution in [0.5, 0.6) is 5.75 Å². The van der Waals surface area contributed by atoms with Crippen LogP contribution in [0.1, 0.15) is 41.6 Å². The van der Waals surface area contributed by atoms with Gasteiger partial charge in [-0.3, -0.25) is 0 Å². The van der Waals surface area contributed by atoms with Gasteiger partial charge in [-0.25, -0.2) is 4.79 Å². The van der Waals surface area contributed by atoms with Crippen LogP contribution in [0, 0.1) is 19.8 Å². The summed E-state index contributed by atoms with van der Waals surface area (Å²) in [5.74, 6) is 1.97. The lowest BCUT2D eigenvalue weighted by molar-refractivity contribution is -0.0119. The number of aliphatic hydroxyl groups is 1. The highest BCUT2D eigenvalue weighted by Gasteiger charge is 2.54. The van der Waals surface area contributed by atoms with Crippen molar-refractivity contribution in [3.05, 3.63) is 40.9 Å². The Labute approximate surface area is 215 Å². The number of urea groups is 1. The molecule has 1 spiro atoms. The molecule has 3 aromatic rings. The molecule has 2 aromatic heterocycles. The van der Waals surface area contributed by atoms with Crippen LogP contribution in [0.3, 0.4) is 0 Å². The predicted molar refractivity (Wildman–Crippen MR) is 138 cm³/mol. The van der Waals surface area contributed by atoms with E-state index in [1.54, 1.807) is 25.9 Å². The van der Waals surface area contributed by atoms with E-state index in [4.69, 9.17) is 14.0 Å². The average molecular weight is 510 g/mol. The highest BCUT2D eigenvalue weighted by atomic mass is 16.5. The number of fused-ring (bicyclic) bond motifs is 4. The minimum Gasteiger partial charge on any atom is -0.497 e. The molecule has 0 radical (unpaired) electrons. The summed E-state index contributed by atoms with van der Waals surface area (Å²) in [5.41, 5.74) is 4.05. The fourth-order valence-corrected chi connectivity index (χ4v) is 6.55. The van der Waals surface area contributed by atoms with Gasteiger partial charge in [-0.2, -0.15) is 0 Å². The first kappa shape index (κ1) is 24.3. The topological polar surface area (TPSA) is 116 Å². The summed E-state index contributed by atoms with van der Waals surface area (Å²) >= 11 is 0. The number of aromatic amines is 1. The number of carbonyl (C=O) groups excluding carboxylic acids is 1. The van der Waals surface area contributed by atoms with Crippen LogP contribution in [0.2, 0.25) is 0 Å². The molecule has 0 aliphatic carbocycles. The number of H-pyrrole nitrogens is 1. The molecular formula is C27H35N5O5. The van der Waals surface area contributed by atoms with Gasteiger partial charge in [-0.1, -0.05) is 5.16 Å². The van der Waals surface area contributed by atoms with Crippen LogP contribution < -0.4 is 10.1 Å². The lowest BCUT2D eigenvalue weighted by Gasteiger charge is -2.56. The second kappa shape index (κ2) is 9.34. The first-order chi connectivity index (χ1) is 17.9. The summed E-state index contributed by atoms with van der Waals surface area (Å²) in [5, 5.41) is 18.6. The van der Waals surface area contributed by atoms with Gasteiger partial charge in [0.05, 0.1) is 19.8 Å². The number of likely N-dealkylation sites (tertiary alicyclic amines) is 1. The number of rotatable bonds is 5. The van der Waals surface area contributed by atoms with E-state index in [0.717, 1.165) is 68.0 Å². The molecule has 3 aliphatic rings. The van der Waals surface area contributed by atoms with Crippen molar-refractivity contribution < 1.29 is 23.9 Å². The van der Waals surface area contributed by atoms with E-state index in [2.05, 4.69) is 26.4 Å². The molecule has 10 heteroatoms. The van der Waals surface area contributed by atoms with Crippen LogP contribution in [0.15, 0.2) is 22.7 Å². The van der Waals surface area contributed by atoms with Gasteiger partial charge < -0.3 is 39.2 Å². The maximum atomic E-state index is 13.7. The largest absolute Gasteiger partial charge is 0.497 e. The van der Waals surface area contributed by atoms with Gasteiger partial charge in [-0.15, -0.1) is 0 Å². The Bertz CT molecular complexity index is 1280. The van der Waals surface area contributed by atoms with Crippen molar-refractivity contribution in [1.82, 2.24) is 19.9 Å². The van der Waals surface area contributed by atoms with Gasteiger partial charge in [0.25, 0.3) is 0 Å². The van der Waals surface area contributed by atoms with E-state index in [-0.39, 0.29) is 18.1 Å². The van der Waals surface area contributed by atoms with Crippen molar-refractivity contribution in [1.29, 1.82) is 0 Å². The Morgan fingerprint density at radius 3 is 2.73 bits per heavy atom. The van der Waals surface area contributed by atoms with Crippen molar-refractivity contribution in [2.75, 3.05) is 58.4 Å². The number of methoxy groups -OCH3 is 1. The molecule has 2 fully saturated rings. The Hall–Kier alpha value is -3.08. The maximum absolute atomic E-state index is 13.7. The minimum absolute atomic E-state index is 0.187. The third-order valence-electron chi connectivity index (χ3n) is 8.36. The van der Waals surface area contributed by atoms with Crippen molar-refractivity contribution in [2.45, 2.75) is 38.1 Å². The molecule has 1 atom stereocenters. The van der Waals surface area contributed by atoms with Gasteiger partial charge in [0.1, 0.15) is 17.1 Å². The van der Waals surface area contributed by atoms with Crippen LogP contribution in [0.4, 0.5) is 10.5 Å². The molecule has 3 aliphatic heterocycles. The Kier molecular flexibility index (Phi) is 6.13. The van der Waals surface area contributed by atoms with E-state index in [0.29, 0.717) is 29.6 Å². The van der Waals surface area contributed by atoms with Gasteiger partial charge in [0.15, 0.2) is 5.76 Å². The first-order valence-electron chi connectivity index (χ1n) is 13.0. The van der Waals surface area contributed by atoms with Crippen LogP contribution >= 0.6 is 0 Å². The number of anilines is 1. The highest BCUT2D eigenvalue weighted by Crippen LogP contribution is 2.49. The lowest BCUT2D eigenvalue weighted by atomic mass is 9.68. The summed E-state index contributed by atoms with van der Waals surface area (Å²) in [6, 6.07) is 5.30. The molecule has 0 saturated carbocycles. The maximum Gasteiger partial charge on any atom is 0.322 e. The fourth-order valence-electron chi connectivity index (χ4n) is 6.55. The van der Waals surface area contributed by atoms with Gasteiger partial charge >= 0.3 is 6.03 Å². The number of carbonyl (C=O) groups is 1. The third-order valence-corrected chi connectivity index (χ3v) is 8.36. The number of ether oxygens (including phenoxy) is 2. The summed E-state index contributed by atoms with van der Waals surface area (Å²) in [6.07, 6.45) is 2.19. The predicted octanol–water partition coefficient (Wildman–Crippen LogP) is 3.34. The zero-order valence-corrected chi connectivity index (χ0v) is 21.7. The smallest absolute Gasteiger partial charge is 0.322 e. The second-order valence-corrected chi connectivity index (χ2v) is 10.8. The lowest BCUT2D eigenvalue weighted by Crippen LogP contribution is -2.67. The summed E-state index contributed by atoms with van der Waals surface area (Å²) < 4.78 is 16.3. The van der Waals surface area contributed by atoms with Crippen LogP contribution in [-0.2, 0) is 10.2 Å². The minimum atomic E-state index is -0.496. The van der Waals surface area contributed by atoms with Crippen molar-refractivity contribution in [3.8, 4) is 5.75 Å². The zero-order valence-electron chi connectivity index (χ0n) is 21.7. The summed E-state index contributed by atoms with van der Waals surface area (Å²) in [4.78, 5) is 21.5. The van der Waals surface area contributed by atoms with Gasteiger partial charge in [0.2, 0.25) is 0 Å². The average Bonchev–Trinajstić information content (AvgIpc) is 3.43. The number of hydrogen-bond acceptors (Lipinski definition) is 7. The quantitative estimate of drug-likeness (QED) is 0.483. The Morgan fingerprint density at radius 1 is 1.27 bits per heavy atom. The molecule has 1 aromatic carbocycles. The number of nitrogens with zero attached hydrogens (tertiary/aromatic N) is 3. The molecule has 5 heterocycles. The van der Waals surface area contributed by atoms with E-state index in [1.807, 2.05) is 12.1 Å². The number of hydrogen-bond donors (Lipinski definition) is 3. The molecular weight excluding hydrogens is 474 g/mol.